The summed E-state index contributed by atoms with van der Waals surface area (Å²) < 4.78 is 37.6. The summed E-state index contributed by atoms with van der Waals surface area (Å²) in [5, 5.41) is 21.3. The van der Waals surface area contributed by atoms with Gasteiger partial charge in [0.2, 0.25) is 0 Å². The zero-order chi connectivity index (χ0) is 13.1. The molecule has 1 aliphatic rings. The van der Waals surface area contributed by atoms with Gasteiger partial charge in [-0.15, -0.1) is 0 Å². The smallest absolute Gasteiger partial charge is 0.391 e. The van der Waals surface area contributed by atoms with Crippen LogP contribution in [0.1, 0.15) is 32.6 Å². The molecule has 3 N–H and O–H groups in total. The molecule has 0 saturated heterocycles. The highest BCUT2D eigenvalue weighted by Gasteiger charge is 2.42. The lowest BCUT2D eigenvalue weighted by atomic mass is 9.85. The molecule has 0 spiro atoms. The van der Waals surface area contributed by atoms with Gasteiger partial charge in [0, 0.05) is 12.6 Å². The largest absolute Gasteiger partial charge is 0.393 e. The second-order valence-corrected chi connectivity index (χ2v) is 5.14. The van der Waals surface area contributed by atoms with Crippen molar-refractivity contribution in [3.8, 4) is 0 Å². The van der Waals surface area contributed by atoms with E-state index in [4.69, 9.17) is 5.11 Å². The van der Waals surface area contributed by atoms with Gasteiger partial charge < -0.3 is 15.5 Å². The van der Waals surface area contributed by atoms with Crippen molar-refractivity contribution in [2.75, 3.05) is 13.2 Å². The molecule has 102 valence electrons. The molecule has 0 aromatic rings. The number of aliphatic hydroxyl groups is 2. The molecule has 0 aromatic carbocycles. The van der Waals surface area contributed by atoms with E-state index in [1.165, 1.54) is 6.92 Å². The van der Waals surface area contributed by atoms with Crippen molar-refractivity contribution >= 4 is 0 Å². The van der Waals surface area contributed by atoms with Gasteiger partial charge in [0.15, 0.2) is 0 Å². The Morgan fingerprint density at radius 2 is 1.94 bits per heavy atom. The van der Waals surface area contributed by atoms with Gasteiger partial charge in [0.1, 0.15) is 0 Å². The summed E-state index contributed by atoms with van der Waals surface area (Å²) >= 11 is 0. The molecule has 6 heteroatoms. The molecule has 0 amide bonds. The predicted octanol–water partition coefficient (Wildman–Crippen LogP) is 1.44. The molecule has 1 saturated carbocycles. The lowest BCUT2D eigenvalue weighted by molar-refractivity contribution is -0.183. The van der Waals surface area contributed by atoms with Gasteiger partial charge in [-0.3, -0.25) is 0 Å². The lowest BCUT2D eigenvalue weighted by Crippen LogP contribution is -2.47. The van der Waals surface area contributed by atoms with E-state index in [1.807, 2.05) is 0 Å². The summed E-state index contributed by atoms with van der Waals surface area (Å²) in [6.07, 6.45) is -2.64. The molecule has 1 rings (SSSR count). The molecule has 1 fully saturated rings. The summed E-state index contributed by atoms with van der Waals surface area (Å²) in [6.45, 7) is 1.15. The molecule has 0 aliphatic heterocycles. The standard InChI is InChI=1S/C11H20F3NO2/c1-10(17,7-16)6-15-9-4-2-3-8(5-9)11(12,13)14/h8-9,15-17H,2-7H2,1H3. The molecular weight excluding hydrogens is 235 g/mol. The molecule has 0 aromatic heterocycles. The maximum absolute atomic E-state index is 12.5. The molecule has 17 heavy (non-hydrogen) atoms. The van der Waals surface area contributed by atoms with Crippen molar-refractivity contribution in [1.82, 2.24) is 5.32 Å². The van der Waals surface area contributed by atoms with Crippen LogP contribution in [-0.2, 0) is 0 Å². The molecule has 0 bridgehead atoms. The second-order valence-electron chi connectivity index (χ2n) is 5.14. The van der Waals surface area contributed by atoms with Crippen molar-refractivity contribution in [3.05, 3.63) is 0 Å². The van der Waals surface area contributed by atoms with Crippen LogP contribution in [0, 0.1) is 5.92 Å². The Kier molecular flexibility index (Phi) is 4.80. The van der Waals surface area contributed by atoms with Gasteiger partial charge in [0.25, 0.3) is 0 Å². The second kappa shape index (κ2) is 5.54. The van der Waals surface area contributed by atoms with Crippen LogP contribution in [0.25, 0.3) is 0 Å². The van der Waals surface area contributed by atoms with Crippen LogP contribution in [0.15, 0.2) is 0 Å². The minimum absolute atomic E-state index is 0.0605. The van der Waals surface area contributed by atoms with Crippen LogP contribution in [0.2, 0.25) is 0 Å². The first-order valence-electron chi connectivity index (χ1n) is 5.88. The first kappa shape index (κ1) is 14.7. The van der Waals surface area contributed by atoms with Crippen LogP contribution in [0.5, 0.6) is 0 Å². The van der Waals surface area contributed by atoms with Crippen molar-refractivity contribution in [1.29, 1.82) is 0 Å². The average Bonchev–Trinajstić information content (AvgIpc) is 2.26. The van der Waals surface area contributed by atoms with E-state index in [0.717, 1.165) is 0 Å². The van der Waals surface area contributed by atoms with Crippen molar-refractivity contribution in [2.24, 2.45) is 5.92 Å². The van der Waals surface area contributed by atoms with Gasteiger partial charge in [-0.05, 0) is 26.2 Å². The third-order valence-corrected chi connectivity index (χ3v) is 3.25. The third-order valence-electron chi connectivity index (χ3n) is 3.25. The lowest BCUT2D eigenvalue weighted by Gasteiger charge is -2.33. The Hall–Kier alpha value is -0.330. The highest BCUT2D eigenvalue weighted by Crippen LogP contribution is 2.37. The Morgan fingerprint density at radius 1 is 1.29 bits per heavy atom. The van der Waals surface area contributed by atoms with Crippen LogP contribution in [0.3, 0.4) is 0 Å². The van der Waals surface area contributed by atoms with Crippen LogP contribution < -0.4 is 5.32 Å². The van der Waals surface area contributed by atoms with Crippen molar-refractivity contribution < 1.29 is 23.4 Å². The fourth-order valence-electron chi connectivity index (χ4n) is 2.09. The number of aliphatic hydroxyl groups excluding tert-OH is 1. The van der Waals surface area contributed by atoms with Crippen molar-refractivity contribution in [2.45, 2.75) is 50.4 Å². The fourth-order valence-corrected chi connectivity index (χ4v) is 2.09. The number of hydrogen-bond donors (Lipinski definition) is 3. The van der Waals surface area contributed by atoms with Gasteiger partial charge in [-0.25, -0.2) is 0 Å². The minimum atomic E-state index is -4.13. The van der Waals surface area contributed by atoms with E-state index in [1.54, 1.807) is 0 Å². The van der Waals surface area contributed by atoms with E-state index in [2.05, 4.69) is 5.32 Å². The van der Waals surface area contributed by atoms with Crippen LogP contribution >= 0.6 is 0 Å². The molecule has 1 aliphatic carbocycles. The number of nitrogens with one attached hydrogen (secondary N) is 1. The SMILES string of the molecule is CC(O)(CO)CNC1CCCC(C(F)(F)F)C1. The monoisotopic (exact) mass is 255 g/mol. The van der Waals surface area contributed by atoms with Gasteiger partial charge in [0.05, 0.1) is 18.1 Å². The van der Waals surface area contributed by atoms with E-state index < -0.39 is 24.3 Å². The first-order chi connectivity index (χ1) is 7.74. The number of hydrogen-bond acceptors (Lipinski definition) is 3. The molecule has 0 radical (unpaired) electrons. The zero-order valence-electron chi connectivity index (χ0n) is 9.93. The van der Waals surface area contributed by atoms with Crippen LogP contribution in [-0.4, -0.2) is 41.2 Å². The molecule has 0 heterocycles. The maximum atomic E-state index is 12.5. The number of rotatable bonds is 4. The van der Waals surface area contributed by atoms with Crippen LogP contribution in [0.4, 0.5) is 13.2 Å². The third kappa shape index (κ3) is 4.81. The maximum Gasteiger partial charge on any atom is 0.391 e. The summed E-state index contributed by atoms with van der Waals surface area (Å²) in [5.41, 5.74) is -1.27. The Balaban J connectivity index is 2.40. The van der Waals surface area contributed by atoms with E-state index >= 15 is 0 Å². The zero-order valence-corrected chi connectivity index (χ0v) is 9.93. The predicted molar refractivity (Wildman–Crippen MR) is 57.5 cm³/mol. The van der Waals surface area contributed by atoms with Gasteiger partial charge in [-0.1, -0.05) is 6.42 Å². The summed E-state index contributed by atoms with van der Waals surface area (Å²) in [4.78, 5) is 0. The fraction of sp³-hybridized carbons (Fsp3) is 1.00. The molecule has 3 atom stereocenters. The summed E-state index contributed by atoms with van der Waals surface area (Å²) in [7, 11) is 0. The highest BCUT2D eigenvalue weighted by atomic mass is 19.4. The minimum Gasteiger partial charge on any atom is -0.393 e. The highest BCUT2D eigenvalue weighted by molar-refractivity contribution is 4.84. The molecule has 3 unspecified atom stereocenters. The average molecular weight is 255 g/mol. The summed E-state index contributed by atoms with van der Waals surface area (Å²) in [6, 6.07) is -0.228. The Bertz CT molecular complexity index is 243. The number of halogens is 3. The number of alkyl halides is 3. The first-order valence-corrected chi connectivity index (χ1v) is 5.88. The molecule has 3 nitrogen and oxygen atoms in total. The van der Waals surface area contributed by atoms with E-state index in [9.17, 15) is 18.3 Å². The van der Waals surface area contributed by atoms with E-state index in [-0.39, 0.29) is 25.4 Å². The quantitative estimate of drug-likeness (QED) is 0.712. The Morgan fingerprint density at radius 3 is 2.47 bits per heavy atom. The van der Waals surface area contributed by atoms with Gasteiger partial charge >= 0.3 is 6.18 Å². The molecular formula is C11H20F3NO2. The topological polar surface area (TPSA) is 52.5 Å². The van der Waals surface area contributed by atoms with Crippen molar-refractivity contribution in [3.63, 3.8) is 0 Å². The Labute approximate surface area is 99.0 Å². The normalized spacial score (nSPS) is 30.0. The van der Waals surface area contributed by atoms with Gasteiger partial charge in [-0.2, -0.15) is 13.2 Å². The summed E-state index contributed by atoms with van der Waals surface area (Å²) in [5.74, 6) is -1.24. The van der Waals surface area contributed by atoms with E-state index in [0.29, 0.717) is 12.8 Å².